The number of carboxylic acid groups (broad SMARTS) is 2. The van der Waals surface area contributed by atoms with Crippen LogP contribution in [0.3, 0.4) is 0 Å². The first-order valence-corrected chi connectivity index (χ1v) is 5.36. The molecule has 4 N–H and O–H groups in total. The Balaban J connectivity index is 2.61. The molecule has 0 fully saturated rings. The van der Waals surface area contributed by atoms with Crippen LogP contribution in [0.1, 0.15) is 12.0 Å². The van der Waals surface area contributed by atoms with Crippen molar-refractivity contribution in [2.24, 2.45) is 5.73 Å². The number of hydrogen-bond donors (Lipinski definition) is 3. The molecule has 2 atom stereocenters. The minimum absolute atomic E-state index is 0.125. The maximum atomic E-state index is 10.7. The molecule has 1 rings (SSSR count). The van der Waals surface area contributed by atoms with Gasteiger partial charge in [0.05, 0.1) is 19.1 Å². The molecule has 0 heterocycles. The first kappa shape index (κ1) is 14.1. The van der Waals surface area contributed by atoms with Crippen molar-refractivity contribution in [1.82, 2.24) is 0 Å². The molecule has 0 bridgehead atoms. The summed E-state index contributed by atoms with van der Waals surface area (Å²) in [6.07, 6.45) is -1.50. The van der Waals surface area contributed by atoms with E-state index in [0.29, 0.717) is 0 Å². The van der Waals surface area contributed by atoms with Crippen molar-refractivity contribution < 1.29 is 24.5 Å². The number of aliphatic carboxylic acids is 2. The Hall–Kier alpha value is -1.92. The third-order valence-corrected chi connectivity index (χ3v) is 2.37. The third kappa shape index (κ3) is 4.52. The highest BCUT2D eigenvalue weighted by Gasteiger charge is 2.27. The van der Waals surface area contributed by atoms with E-state index >= 15 is 0 Å². The van der Waals surface area contributed by atoms with E-state index in [1.165, 1.54) is 0 Å². The van der Waals surface area contributed by atoms with E-state index in [-0.39, 0.29) is 6.61 Å². The highest BCUT2D eigenvalue weighted by Crippen LogP contribution is 2.09. The number of benzene rings is 1. The van der Waals surface area contributed by atoms with Crippen molar-refractivity contribution in [3.8, 4) is 0 Å². The molecule has 0 spiro atoms. The summed E-state index contributed by atoms with van der Waals surface area (Å²) < 4.78 is 5.28. The van der Waals surface area contributed by atoms with Crippen LogP contribution in [0.2, 0.25) is 0 Å². The minimum atomic E-state index is -1.36. The zero-order valence-electron chi connectivity index (χ0n) is 9.65. The van der Waals surface area contributed by atoms with Crippen LogP contribution in [0, 0.1) is 0 Å². The van der Waals surface area contributed by atoms with E-state index in [1.807, 2.05) is 18.2 Å². The van der Waals surface area contributed by atoms with Gasteiger partial charge in [0.15, 0.2) is 0 Å². The predicted molar refractivity (Wildman–Crippen MR) is 62.9 cm³/mol. The molecule has 0 aliphatic rings. The third-order valence-electron chi connectivity index (χ3n) is 2.37. The molecule has 1 aromatic carbocycles. The lowest BCUT2D eigenvalue weighted by Gasteiger charge is -2.19. The normalized spacial score (nSPS) is 13.8. The van der Waals surface area contributed by atoms with E-state index < -0.39 is 30.5 Å². The summed E-state index contributed by atoms with van der Waals surface area (Å²) in [5, 5.41) is 17.4. The molecule has 6 heteroatoms. The van der Waals surface area contributed by atoms with Gasteiger partial charge in [-0.25, -0.2) is 0 Å². The number of ether oxygens (including phenoxy) is 1. The summed E-state index contributed by atoms with van der Waals surface area (Å²) in [5.74, 6) is -2.43. The van der Waals surface area contributed by atoms with Crippen molar-refractivity contribution in [1.29, 1.82) is 0 Å². The predicted octanol–water partition coefficient (Wildman–Crippen LogP) is 0.458. The van der Waals surface area contributed by atoms with Crippen LogP contribution in [0.4, 0.5) is 0 Å². The molecule has 0 aromatic heterocycles. The summed E-state index contributed by atoms with van der Waals surface area (Å²) in [5.41, 5.74) is 6.21. The van der Waals surface area contributed by atoms with Crippen molar-refractivity contribution in [2.45, 2.75) is 25.2 Å². The summed E-state index contributed by atoms with van der Waals surface area (Å²) >= 11 is 0. The zero-order valence-corrected chi connectivity index (χ0v) is 9.65. The first-order chi connectivity index (χ1) is 8.50. The van der Waals surface area contributed by atoms with Gasteiger partial charge in [-0.1, -0.05) is 30.3 Å². The Labute approximate surface area is 104 Å². The molecule has 0 radical (unpaired) electrons. The van der Waals surface area contributed by atoms with Crippen LogP contribution >= 0.6 is 0 Å². The Morgan fingerprint density at radius 3 is 2.33 bits per heavy atom. The van der Waals surface area contributed by atoms with Crippen molar-refractivity contribution >= 4 is 11.9 Å². The molecule has 0 aliphatic carbocycles. The SMILES string of the molecule is N[C@H](C(=O)O)[C@H](CC(=O)O)OCc1ccccc1. The molecular weight excluding hydrogens is 238 g/mol. The van der Waals surface area contributed by atoms with E-state index in [9.17, 15) is 9.59 Å². The topological polar surface area (TPSA) is 110 Å². The standard InChI is InChI=1S/C12H15NO5/c13-11(12(16)17)9(6-10(14)15)18-7-8-4-2-1-3-5-8/h1-5,9,11H,6-7,13H2,(H,14,15)(H,16,17)/t9-,11-/m0/s1. The monoisotopic (exact) mass is 253 g/mol. The summed E-state index contributed by atoms with van der Waals surface area (Å²) in [6, 6.07) is 7.68. The van der Waals surface area contributed by atoms with Gasteiger partial charge in [0.25, 0.3) is 0 Å². The smallest absolute Gasteiger partial charge is 0.323 e. The van der Waals surface area contributed by atoms with Gasteiger partial charge in [0, 0.05) is 0 Å². The zero-order chi connectivity index (χ0) is 13.5. The van der Waals surface area contributed by atoms with Gasteiger partial charge in [-0.05, 0) is 5.56 Å². The van der Waals surface area contributed by atoms with E-state index in [1.54, 1.807) is 12.1 Å². The molecule has 0 amide bonds. The van der Waals surface area contributed by atoms with E-state index in [4.69, 9.17) is 20.7 Å². The van der Waals surface area contributed by atoms with Crippen LogP contribution in [0.25, 0.3) is 0 Å². The van der Waals surface area contributed by atoms with Crippen molar-refractivity contribution in [3.63, 3.8) is 0 Å². The maximum Gasteiger partial charge on any atom is 0.323 e. The Kier molecular flexibility index (Phi) is 5.29. The molecule has 18 heavy (non-hydrogen) atoms. The van der Waals surface area contributed by atoms with Gasteiger partial charge in [-0.2, -0.15) is 0 Å². The second-order valence-electron chi connectivity index (χ2n) is 3.80. The van der Waals surface area contributed by atoms with Gasteiger partial charge in [-0.15, -0.1) is 0 Å². The fourth-order valence-electron chi connectivity index (χ4n) is 1.40. The van der Waals surface area contributed by atoms with Gasteiger partial charge in [0.2, 0.25) is 0 Å². The van der Waals surface area contributed by atoms with Gasteiger partial charge < -0.3 is 20.7 Å². The van der Waals surface area contributed by atoms with Crippen molar-refractivity contribution in [3.05, 3.63) is 35.9 Å². The van der Waals surface area contributed by atoms with Gasteiger partial charge in [-0.3, -0.25) is 9.59 Å². The molecule has 0 unspecified atom stereocenters. The molecule has 1 aromatic rings. The quantitative estimate of drug-likeness (QED) is 0.651. The fraction of sp³-hybridized carbons (Fsp3) is 0.333. The van der Waals surface area contributed by atoms with Crippen molar-refractivity contribution in [2.75, 3.05) is 0 Å². The Morgan fingerprint density at radius 2 is 1.83 bits per heavy atom. The lowest BCUT2D eigenvalue weighted by Crippen LogP contribution is -2.44. The lowest BCUT2D eigenvalue weighted by molar-refractivity contribution is -0.147. The highest BCUT2D eigenvalue weighted by atomic mass is 16.5. The highest BCUT2D eigenvalue weighted by molar-refractivity contribution is 5.76. The molecule has 0 saturated heterocycles. The van der Waals surface area contributed by atoms with Crippen LogP contribution < -0.4 is 5.73 Å². The molecule has 98 valence electrons. The first-order valence-electron chi connectivity index (χ1n) is 5.36. The average molecular weight is 253 g/mol. The number of hydrogen-bond acceptors (Lipinski definition) is 4. The molecule has 0 aliphatic heterocycles. The second kappa shape index (κ2) is 6.73. The largest absolute Gasteiger partial charge is 0.481 e. The number of rotatable bonds is 7. The van der Waals surface area contributed by atoms with E-state index in [0.717, 1.165) is 5.56 Å². The van der Waals surface area contributed by atoms with Crippen LogP contribution in [-0.2, 0) is 20.9 Å². The fourth-order valence-corrected chi connectivity index (χ4v) is 1.40. The average Bonchev–Trinajstić information content (AvgIpc) is 2.34. The molecule has 6 nitrogen and oxygen atoms in total. The summed E-state index contributed by atoms with van der Waals surface area (Å²) in [4.78, 5) is 21.4. The maximum absolute atomic E-state index is 10.7. The van der Waals surface area contributed by atoms with Crippen LogP contribution in [0.5, 0.6) is 0 Å². The Bertz CT molecular complexity index is 406. The number of nitrogens with two attached hydrogens (primary N) is 1. The summed E-state index contributed by atoms with van der Waals surface area (Å²) in [6.45, 7) is 0.125. The Morgan fingerprint density at radius 1 is 1.22 bits per heavy atom. The molecule has 0 saturated carbocycles. The summed E-state index contributed by atoms with van der Waals surface area (Å²) in [7, 11) is 0. The van der Waals surface area contributed by atoms with Crippen LogP contribution in [0.15, 0.2) is 30.3 Å². The van der Waals surface area contributed by atoms with Gasteiger partial charge in [0.1, 0.15) is 6.04 Å². The van der Waals surface area contributed by atoms with E-state index in [2.05, 4.69) is 0 Å². The second-order valence-corrected chi connectivity index (χ2v) is 3.80. The van der Waals surface area contributed by atoms with Gasteiger partial charge >= 0.3 is 11.9 Å². The van der Waals surface area contributed by atoms with Crippen LogP contribution in [-0.4, -0.2) is 34.3 Å². The molecular formula is C12H15NO5. The lowest BCUT2D eigenvalue weighted by atomic mass is 10.1. The number of carbonyl (C=O) groups is 2. The minimum Gasteiger partial charge on any atom is -0.481 e. The number of carboxylic acids is 2.